The first-order valence-corrected chi connectivity index (χ1v) is 13.7. The normalized spacial score (nSPS) is 22.1. The summed E-state index contributed by atoms with van der Waals surface area (Å²) >= 11 is 0. The molecule has 0 unspecified atom stereocenters. The van der Waals surface area contributed by atoms with Crippen LogP contribution in [0.2, 0.25) is 0 Å². The molecule has 37 heavy (non-hydrogen) atoms. The minimum absolute atomic E-state index is 0.0693. The van der Waals surface area contributed by atoms with Crippen molar-refractivity contribution >= 4 is 32.7 Å². The molecule has 2 fully saturated rings. The molecule has 1 aromatic carbocycles. The first kappa shape index (κ1) is 23.4. The molecule has 188 valence electrons. The number of nitrogens with zero attached hydrogens (tertiary/aromatic N) is 6. The molecule has 6 rings (SSSR count). The molecule has 0 N–H and O–H groups in total. The third-order valence-corrected chi connectivity index (χ3v) is 9.45. The van der Waals surface area contributed by atoms with E-state index in [0.29, 0.717) is 28.9 Å². The molecule has 0 radical (unpaired) electrons. The number of carbonyl (C=O) groups is 1. The van der Waals surface area contributed by atoms with Crippen LogP contribution in [0.5, 0.6) is 0 Å². The average Bonchev–Trinajstić information content (AvgIpc) is 3.41. The highest BCUT2D eigenvalue weighted by atomic mass is 32.2. The van der Waals surface area contributed by atoms with Gasteiger partial charge in [0.1, 0.15) is 5.41 Å². The van der Waals surface area contributed by atoms with E-state index in [2.05, 4.69) is 16.2 Å². The Labute approximate surface area is 215 Å². The van der Waals surface area contributed by atoms with Gasteiger partial charge >= 0.3 is 0 Å². The quantitative estimate of drug-likeness (QED) is 0.399. The van der Waals surface area contributed by atoms with Gasteiger partial charge in [-0.1, -0.05) is 24.6 Å². The number of nitriles is 1. The van der Waals surface area contributed by atoms with E-state index in [-0.39, 0.29) is 28.3 Å². The van der Waals surface area contributed by atoms with Crippen molar-refractivity contribution in [2.75, 3.05) is 11.4 Å². The van der Waals surface area contributed by atoms with E-state index in [1.165, 1.54) is 10.2 Å². The van der Waals surface area contributed by atoms with Crippen molar-refractivity contribution in [2.45, 2.75) is 31.6 Å². The summed E-state index contributed by atoms with van der Waals surface area (Å²) < 4.78 is 30.8. The van der Waals surface area contributed by atoms with E-state index in [4.69, 9.17) is 0 Å². The second kappa shape index (κ2) is 8.02. The summed E-state index contributed by atoms with van der Waals surface area (Å²) in [6.45, 7) is 4.24. The Bertz CT molecular complexity index is 1710. The first-order valence-electron chi connectivity index (χ1n) is 12.2. The van der Waals surface area contributed by atoms with Gasteiger partial charge < -0.3 is 4.90 Å². The van der Waals surface area contributed by atoms with E-state index in [1.54, 1.807) is 65.4 Å². The molecule has 0 bridgehead atoms. The number of aromatic nitrogens is 4. The fraction of sp³-hybridized carbons (Fsp3) is 0.333. The van der Waals surface area contributed by atoms with Crippen LogP contribution in [0, 0.1) is 35.5 Å². The highest BCUT2D eigenvalue weighted by molar-refractivity contribution is 7.90. The zero-order chi connectivity index (χ0) is 26.1. The predicted octanol–water partition coefficient (Wildman–Crippen LogP) is 3.88. The van der Waals surface area contributed by atoms with Gasteiger partial charge in [-0.2, -0.15) is 10.4 Å². The smallest absolute Gasteiger partial charge is 0.269 e. The van der Waals surface area contributed by atoms with Crippen LogP contribution < -0.4 is 4.90 Å². The number of carbonyl (C=O) groups excluding carboxylic acids is 1. The fourth-order valence-corrected chi connectivity index (χ4v) is 7.10. The molecular weight excluding hydrogens is 488 g/mol. The van der Waals surface area contributed by atoms with Gasteiger partial charge in [-0.25, -0.2) is 17.4 Å². The number of aryl methyl sites for hydroxylation is 2. The first-order chi connectivity index (χ1) is 17.7. The molecule has 1 amide bonds. The summed E-state index contributed by atoms with van der Waals surface area (Å²) in [4.78, 5) is 20.0. The van der Waals surface area contributed by atoms with Crippen molar-refractivity contribution < 1.29 is 13.2 Å². The largest absolute Gasteiger partial charge is 0.310 e. The number of pyridine rings is 1. The van der Waals surface area contributed by atoms with E-state index in [1.807, 2.05) is 13.8 Å². The van der Waals surface area contributed by atoms with Crippen LogP contribution in [-0.4, -0.2) is 39.6 Å². The van der Waals surface area contributed by atoms with Gasteiger partial charge in [0.2, 0.25) is 5.91 Å². The van der Waals surface area contributed by atoms with Crippen LogP contribution in [0.1, 0.15) is 25.3 Å². The number of amides is 1. The predicted molar refractivity (Wildman–Crippen MR) is 138 cm³/mol. The molecule has 0 spiro atoms. The van der Waals surface area contributed by atoms with Crippen molar-refractivity contribution in [3.05, 3.63) is 60.6 Å². The molecule has 4 heterocycles. The number of anilines is 1. The summed E-state index contributed by atoms with van der Waals surface area (Å²) in [6, 6.07) is 12.5. The number of hydrogen-bond donors (Lipinski definition) is 0. The van der Waals surface area contributed by atoms with E-state index in [0.717, 1.165) is 18.4 Å². The van der Waals surface area contributed by atoms with Gasteiger partial charge in [-0.05, 0) is 49.9 Å². The third kappa shape index (κ3) is 3.34. The van der Waals surface area contributed by atoms with Crippen LogP contribution in [0.4, 0.5) is 5.69 Å². The Kier molecular flexibility index (Phi) is 5.08. The summed E-state index contributed by atoms with van der Waals surface area (Å²) in [6.07, 6.45) is 6.62. The lowest BCUT2D eigenvalue weighted by Crippen LogP contribution is -2.37. The van der Waals surface area contributed by atoms with Crippen molar-refractivity contribution in [3.63, 3.8) is 0 Å². The van der Waals surface area contributed by atoms with Gasteiger partial charge in [-0.3, -0.25) is 9.48 Å². The average molecular weight is 515 g/mol. The summed E-state index contributed by atoms with van der Waals surface area (Å²) in [5.41, 5.74) is 1.69. The number of fused-ring (bicyclic) bond motifs is 1. The molecule has 9 nitrogen and oxygen atoms in total. The Morgan fingerprint density at radius 3 is 2.51 bits per heavy atom. The van der Waals surface area contributed by atoms with Crippen molar-refractivity contribution in [2.24, 2.45) is 24.3 Å². The van der Waals surface area contributed by atoms with E-state index >= 15 is 0 Å². The molecule has 4 aromatic rings. The monoisotopic (exact) mass is 514 g/mol. The molecule has 1 aliphatic heterocycles. The highest BCUT2D eigenvalue weighted by Crippen LogP contribution is 2.55. The van der Waals surface area contributed by atoms with Crippen LogP contribution in [-0.2, 0) is 21.9 Å². The van der Waals surface area contributed by atoms with Crippen LogP contribution in [0.3, 0.4) is 0 Å². The lowest BCUT2D eigenvalue weighted by molar-refractivity contribution is -0.124. The second-order valence-corrected chi connectivity index (χ2v) is 11.9. The third-order valence-electron chi connectivity index (χ3n) is 7.73. The molecule has 2 atom stereocenters. The summed E-state index contributed by atoms with van der Waals surface area (Å²) in [7, 11) is -2.28. The molecular formula is C27H26N6O3S. The Balaban J connectivity index is 1.58. The summed E-state index contributed by atoms with van der Waals surface area (Å²) in [5.74, 6) is -0.286. The van der Waals surface area contributed by atoms with Gasteiger partial charge in [0.05, 0.1) is 28.5 Å². The van der Waals surface area contributed by atoms with Crippen LogP contribution >= 0.6 is 0 Å². The summed E-state index contributed by atoms with van der Waals surface area (Å²) in [5, 5.41) is 14.9. The lowest BCUT2D eigenvalue weighted by atomic mass is 9.75. The topological polar surface area (TPSA) is 114 Å². The SMILES string of the molecule is Cc1ccc(S(=O)(=O)n2c(-c3cnn(C)c3)cc3c(N4C[C@@H](C)[C@@](C#N)(C5CC5)C4=O)ccnc32)cc1. The van der Waals surface area contributed by atoms with E-state index < -0.39 is 15.4 Å². The van der Waals surface area contributed by atoms with Crippen molar-refractivity contribution in [3.8, 4) is 17.3 Å². The minimum atomic E-state index is -4.04. The minimum Gasteiger partial charge on any atom is -0.310 e. The molecule has 1 aliphatic carbocycles. The van der Waals surface area contributed by atoms with Crippen LogP contribution in [0.15, 0.2) is 59.9 Å². The number of rotatable bonds is 5. The van der Waals surface area contributed by atoms with E-state index in [9.17, 15) is 18.5 Å². The Morgan fingerprint density at radius 1 is 1.16 bits per heavy atom. The standard InChI is InChI=1S/C27H26N6O3S/c1-17-4-8-21(9-5-17)37(35,36)33-24(19-13-30-31(3)15-19)12-22-23(10-11-29-25(22)33)32-14-18(2)27(16-28,26(32)34)20-6-7-20/h4-5,8-13,15,18,20H,6-7,14H2,1-3H3/t18-,27+/m1/s1. The van der Waals surface area contributed by atoms with Crippen molar-refractivity contribution in [1.82, 2.24) is 18.7 Å². The van der Waals surface area contributed by atoms with Crippen molar-refractivity contribution in [1.29, 1.82) is 5.26 Å². The zero-order valence-electron chi connectivity index (χ0n) is 20.8. The Morgan fingerprint density at radius 2 is 1.89 bits per heavy atom. The van der Waals surface area contributed by atoms with Gasteiger partial charge in [0, 0.05) is 42.9 Å². The van der Waals surface area contributed by atoms with Crippen LogP contribution in [0.25, 0.3) is 22.3 Å². The molecule has 1 saturated carbocycles. The second-order valence-electron chi connectivity index (χ2n) is 10.2. The molecule has 2 aliphatic rings. The maximum Gasteiger partial charge on any atom is 0.269 e. The molecule has 3 aromatic heterocycles. The van der Waals surface area contributed by atoms with Gasteiger partial charge in [0.15, 0.2) is 5.65 Å². The zero-order valence-corrected chi connectivity index (χ0v) is 21.6. The van der Waals surface area contributed by atoms with Gasteiger partial charge in [0.25, 0.3) is 10.0 Å². The Hall–Kier alpha value is -3.97. The maximum absolute atomic E-state index is 14.0. The number of benzene rings is 1. The highest BCUT2D eigenvalue weighted by Gasteiger charge is 2.61. The molecule has 10 heteroatoms. The molecule has 1 saturated heterocycles. The van der Waals surface area contributed by atoms with Gasteiger partial charge in [-0.15, -0.1) is 0 Å². The fourth-order valence-electron chi connectivity index (χ4n) is 5.62. The number of hydrogen-bond acceptors (Lipinski definition) is 6. The lowest BCUT2D eigenvalue weighted by Gasteiger charge is -2.23. The maximum atomic E-state index is 14.0.